The number of benzene rings is 3. The van der Waals surface area contributed by atoms with Gasteiger partial charge in [0.1, 0.15) is 11.4 Å². The number of aliphatic carboxylic acids is 1. The Morgan fingerprint density at radius 2 is 1.66 bits per heavy atom. The lowest BCUT2D eigenvalue weighted by Crippen LogP contribution is -2.27. The van der Waals surface area contributed by atoms with Crippen LogP contribution in [0.1, 0.15) is 15.9 Å². The van der Waals surface area contributed by atoms with Gasteiger partial charge < -0.3 is 15.2 Å². The predicted octanol–water partition coefficient (Wildman–Crippen LogP) is 5.24. The van der Waals surface area contributed by atoms with Gasteiger partial charge in [0, 0.05) is 5.56 Å². The zero-order valence-corrected chi connectivity index (χ0v) is 16.5. The average molecular weight is 456 g/mol. The quantitative estimate of drug-likeness (QED) is 0.498. The van der Waals surface area contributed by atoms with Gasteiger partial charge in [-0.2, -0.15) is 0 Å². The molecule has 0 saturated heterocycles. The van der Waals surface area contributed by atoms with Crippen LogP contribution in [0.5, 0.6) is 11.5 Å². The van der Waals surface area contributed by atoms with Crippen LogP contribution < -0.4 is 10.1 Å². The first-order valence-electron chi connectivity index (χ1n) is 8.47. The number of ether oxygens (including phenoxy) is 1. The van der Waals surface area contributed by atoms with Gasteiger partial charge in [-0.3, -0.25) is 4.79 Å². The molecule has 3 rings (SSSR count). The number of hydrogen-bond acceptors (Lipinski definition) is 3. The van der Waals surface area contributed by atoms with E-state index in [4.69, 9.17) is 4.74 Å². The molecule has 0 aliphatic rings. The van der Waals surface area contributed by atoms with Crippen molar-refractivity contribution in [3.63, 3.8) is 0 Å². The SMILES string of the molecule is O=C(O)/C(=C\c1ccc(Oc2ccccc2Br)c(F)c1)NC(=O)c1ccccc1. The fraction of sp³-hybridized carbons (Fsp3) is 0. The van der Waals surface area contributed by atoms with Gasteiger partial charge in [-0.25, -0.2) is 9.18 Å². The van der Waals surface area contributed by atoms with Gasteiger partial charge in [-0.15, -0.1) is 0 Å². The van der Waals surface area contributed by atoms with Crippen molar-refractivity contribution in [3.8, 4) is 11.5 Å². The molecule has 2 N–H and O–H groups in total. The Morgan fingerprint density at radius 3 is 2.31 bits per heavy atom. The van der Waals surface area contributed by atoms with Crippen LogP contribution in [0.15, 0.2) is 83.0 Å². The molecule has 0 spiro atoms. The number of carboxylic acid groups (broad SMARTS) is 1. The first kappa shape index (κ1) is 20.3. The van der Waals surface area contributed by atoms with Crippen molar-refractivity contribution in [3.05, 3.63) is 99.9 Å². The summed E-state index contributed by atoms with van der Waals surface area (Å²) >= 11 is 3.32. The molecule has 7 heteroatoms. The van der Waals surface area contributed by atoms with E-state index < -0.39 is 17.7 Å². The third kappa shape index (κ3) is 5.30. The minimum Gasteiger partial charge on any atom is -0.477 e. The Hall–Kier alpha value is -3.45. The summed E-state index contributed by atoms with van der Waals surface area (Å²) in [7, 11) is 0. The second kappa shape index (κ2) is 9.16. The van der Waals surface area contributed by atoms with Crippen molar-refractivity contribution >= 4 is 33.9 Å². The molecule has 1 amide bonds. The first-order chi connectivity index (χ1) is 13.9. The number of carbonyl (C=O) groups excluding carboxylic acids is 1. The van der Waals surface area contributed by atoms with Crippen molar-refractivity contribution in [2.45, 2.75) is 0 Å². The van der Waals surface area contributed by atoms with Gasteiger partial charge in [0.15, 0.2) is 11.6 Å². The molecule has 0 aromatic heterocycles. The number of rotatable bonds is 6. The summed E-state index contributed by atoms with van der Waals surface area (Å²) < 4.78 is 20.7. The monoisotopic (exact) mass is 455 g/mol. The van der Waals surface area contributed by atoms with Crippen LogP contribution in [0.4, 0.5) is 4.39 Å². The van der Waals surface area contributed by atoms with E-state index in [9.17, 15) is 19.1 Å². The average Bonchev–Trinajstić information content (AvgIpc) is 2.71. The maximum atomic E-state index is 14.4. The van der Waals surface area contributed by atoms with E-state index in [1.54, 1.807) is 54.6 Å². The maximum Gasteiger partial charge on any atom is 0.352 e. The largest absolute Gasteiger partial charge is 0.477 e. The summed E-state index contributed by atoms with van der Waals surface area (Å²) in [5, 5.41) is 11.7. The van der Waals surface area contributed by atoms with E-state index >= 15 is 0 Å². The third-order valence-corrected chi connectivity index (χ3v) is 4.49. The Kier molecular flexibility index (Phi) is 6.41. The normalized spacial score (nSPS) is 11.0. The minimum absolute atomic E-state index is 0.0146. The van der Waals surface area contributed by atoms with Crippen LogP contribution in [0, 0.1) is 5.82 Å². The Balaban J connectivity index is 1.81. The molecule has 0 aliphatic carbocycles. The fourth-order valence-electron chi connectivity index (χ4n) is 2.44. The van der Waals surface area contributed by atoms with Crippen LogP contribution in [-0.2, 0) is 4.79 Å². The van der Waals surface area contributed by atoms with Gasteiger partial charge in [0.25, 0.3) is 5.91 Å². The molecule has 0 aliphatic heterocycles. The fourth-order valence-corrected chi connectivity index (χ4v) is 2.80. The molecule has 0 fully saturated rings. The maximum absolute atomic E-state index is 14.4. The molecule has 0 radical (unpaired) electrons. The molecular weight excluding hydrogens is 441 g/mol. The molecule has 0 bridgehead atoms. The molecule has 146 valence electrons. The molecular formula is C22H15BrFNO4. The molecule has 0 saturated carbocycles. The van der Waals surface area contributed by atoms with Crippen LogP contribution >= 0.6 is 15.9 Å². The number of carbonyl (C=O) groups is 2. The van der Waals surface area contributed by atoms with E-state index in [1.165, 1.54) is 18.2 Å². The minimum atomic E-state index is -1.34. The molecule has 3 aromatic rings. The topological polar surface area (TPSA) is 75.6 Å². The second-order valence-electron chi connectivity index (χ2n) is 5.91. The van der Waals surface area contributed by atoms with Crippen molar-refractivity contribution < 1.29 is 23.8 Å². The van der Waals surface area contributed by atoms with Gasteiger partial charge in [-0.1, -0.05) is 36.4 Å². The van der Waals surface area contributed by atoms with Crippen molar-refractivity contribution in [2.75, 3.05) is 0 Å². The third-order valence-electron chi connectivity index (χ3n) is 3.84. The second-order valence-corrected chi connectivity index (χ2v) is 6.76. The number of hydrogen-bond donors (Lipinski definition) is 2. The van der Waals surface area contributed by atoms with Crippen LogP contribution in [0.25, 0.3) is 6.08 Å². The molecule has 0 unspecified atom stereocenters. The highest BCUT2D eigenvalue weighted by atomic mass is 79.9. The van der Waals surface area contributed by atoms with E-state index in [2.05, 4.69) is 21.2 Å². The van der Waals surface area contributed by atoms with Crippen molar-refractivity contribution in [1.29, 1.82) is 0 Å². The lowest BCUT2D eigenvalue weighted by molar-refractivity contribution is -0.132. The highest BCUT2D eigenvalue weighted by Crippen LogP contribution is 2.31. The van der Waals surface area contributed by atoms with Crippen LogP contribution in [-0.4, -0.2) is 17.0 Å². The predicted molar refractivity (Wildman–Crippen MR) is 110 cm³/mol. The van der Waals surface area contributed by atoms with E-state index in [-0.39, 0.29) is 17.0 Å². The number of nitrogens with one attached hydrogen (secondary N) is 1. The molecule has 0 heterocycles. The van der Waals surface area contributed by atoms with Crippen molar-refractivity contribution in [1.82, 2.24) is 5.32 Å². The van der Waals surface area contributed by atoms with Crippen LogP contribution in [0.3, 0.4) is 0 Å². The summed E-state index contributed by atoms with van der Waals surface area (Å²) in [6.45, 7) is 0. The van der Waals surface area contributed by atoms with E-state index in [0.717, 1.165) is 6.07 Å². The Morgan fingerprint density at radius 1 is 0.966 bits per heavy atom. The van der Waals surface area contributed by atoms with E-state index in [0.29, 0.717) is 15.8 Å². The summed E-state index contributed by atoms with van der Waals surface area (Å²) in [4.78, 5) is 23.7. The van der Waals surface area contributed by atoms with Crippen LogP contribution in [0.2, 0.25) is 0 Å². The highest BCUT2D eigenvalue weighted by Gasteiger charge is 2.14. The summed E-state index contributed by atoms with van der Waals surface area (Å²) in [6, 6.07) is 19.2. The van der Waals surface area contributed by atoms with E-state index in [1.807, 2.05) is 0 Å². The Bertz CT molecular complexity index is 1080. The lowest BCUT2D eigenvalue weighted by Gasteiger charge is -2.10. The number of para-hydroxylation sites is 1. The first-order valence-corrected chi connectivity index (χ1v) is 9.26. The smallest absolute Gasteiger partial charge is 0.352 e. The molecule has 3 aromatic carbocycles. The summed E-state index contributed by atoms with van der Waals surface area (Å²) in [5.41, 5.74) is 0.188. The van der Waals surface area contributed by atoms with Crippen molar-refractivity contribution in [2.24, 2.45) is 0 Å². The zero-order valence-electron chi connectivity index (χ0n) is 14.9. The summed E-state index contributed by atoms with van der Waals surface area (Å²) in [5.74, 6) is -2.17. The molecule has 5 nitrogen and oxygen atoms in total. The standard InChI is InChI=1S/C22H15BrFNO4/c23-16-8-4-5-9-19(16)29-20-11-10-14(12-17(20)24)13-18(22(27)28)25-21(26)15-6-2-1-3-7-15/h1-13H,(H,25,26)(H,27,28)/b18-13+. The number of amides is 1. The zero-order chi connectivity index (χ0) is 20.8. The molecule has 29 heavy (non-hydrogen) atoms. The van der Waals surface area contributed by atoms with Gasteiger partial charge >= 0.3 is 5.97 Å². The van der Waals surface area contributed by atoms with Gasteiger partial charge in [0.05, 0.1) is 4.47 Å². The highest BCUT2D eigenvalue weighted by molar-refractivity contribution is 9.10. The number of carboxylic acids is 1. The summed E-state index contributed by atoms with van der Waals surface area (Å²) in [6.07, 6.45) is 1.18. The van der Waals surface area contributed by atoms with Gasteiger partial charge in [0.2, 0.25) is 0 Å². The number of halogens is 2. The van der Waals surface area contributed by atoms with Gasteiger partial charge in [-0.05, 0) is 64.0 Å². The Labute approximate surface area is 174 Å². The lowest BCUT2D eigenvalue weighted by atomic mass is 10.1. The molecule has 0 atom stereocenters.